The maximum absolute atomic E-state index is 10.5. The minimum atomic E-state index is -0.550. The Bertz CT molecular complexity index is 732. The Balaban J connectivity index is 2.06. The van der Waals surface area contributed by atoms with E-state index in [1.165, 1.54) is 0 Å². The average molecular weight is 269 g/mol. The van der Waals surface area contributed by atoms with Gasteiger partial charge in [-0.3, -0.25) is 4.98 Å². The highest BCUT2D eigenvalue weighted by Gasteiger charge is 2.14. The van der Waals surface area contributed by atoms with Crippen LogP contribution in [0.25, 0.3) is 10.9 Å². The summed E-state index contributed by atoms with van der Waals surface area (Å²) in [7, 11) is 0. The number of thiophene rings is 1. The van der Waals surface area contributed by atoms with Crippen LogP contribution in [0.4, 0.5) is 0 Å². The summed E-state index contributed by atoms with van der Waals surface area (Å²) in [6.45, 7) is 4.01. The molecule has 96 valence electrons. The predicted molar refractivity (Wildman–Crippen MR) is 79.6 cm³/mol. The van der Waals surface area contributed by atoms with Crippen LogP contribution >= 0.6 is 11.3 Å². The molecule has 2 nitrogen and oxygen atoms in total. The van der Waals surface area contributed by atoms with Crippen LogP contribution in [0.5, 0.6) is 0 Å². The molecular weight excluding hydrogens is 254 g/mol. The number of aryl methyl sites for hydroxylation is 2. The summed E-state index contributed by atoms with van der Waals surface area (Å²) >= 11 is 1.59. The van der Waals surface area contributed by atoms with Crippen molar-refractivity contribution in [2.24, 2.45) is 0 Å². The first kappa shape index (κ1) is 12.3. The lowest BCUT2D eigenvalue weighted by atomic mass is 10.0. The number of pyridine rings is 1. The van der Waals surface area contributed by atoms with Crippen LogP contribution in [-0.4, -0.2) is 10.1 Å². The molecule has 0 saturated carbocycles. The SMILES string of the molecule is Cc1ccc2cc(C(O)c3sccc3C)ccc2n1. The number of hydrogen-bond acceptors (Lipinski definition) is 3. The van der Waals surface area contributed by atoms with E-state index in [0.717, 1.165) is 32.6 Å². The van der Waals surface area contributed by atoms with Gasteiger partial charge in [-0.1, -0.05) is 12.1 Å². The number of aromatic nitrogens is 1. The van der Waals surface area contributed by atoms with Gasteiger partial charge in [-0.15, -0.1) is 11.3 Å². The molecule has 0 spiro atoms. The fourth-order valence-corrected chi connectivity index (χ4v) is 3.17. The van der Waals surface area contributed by atoms with Gasteiger partial charge < -0.3 is 5.11 Å². The van der Waals surface area contributed by atoms with E-state index in [1.807, 2.05) is 49.6 Å². The van der Waals surface area contributed by atoms with E-state index in [0.29, 0.717) is 0 Å². The molecule has 0 saturated heterocycles. The van der Waals surface area contributed by atoms with Crippen LogP contribution in [0.1, 0.15) is 27.8 Å². The van der Waals surface area contributed by atoms with Gasteiger partial charge in [0.1, 0.15) is 6.10 Å². The molecule has 1 N–H and O–H groups in total. The van der Waals surface area contributed by atoms with E-state index in [4.69, 9.17) is 0 Å². The van der Waals surface area contributed by atoms with E-state index in [2.05, 4.69) is 11.1 Å². The summed E-state index contributed by atoms with van der Waals surface area (Å²) in [5.74, 6) is 0. The summed E-state index contributed by atoms with van der Waals surface area (Å²) < 4.78 is 0. The lowest BCUT2D eigenvalue weighted by Crippen LogP contribution is -1.99. The molecule has 2 aromatic heterocycles. The summed E-state index contributed by atoms with van der Waals surface area (Å²) in [5.41, 5.74) is 4.04. The van der Waals surface area contributed by atoms with Gasteiger partial charge in [-0.05, 0) is 54.6 Å². The number of fused-ring (bicyclic) bond motifs is 1. The smallest absolute Gasteiger partial charge is 0.113 e. The van der Waals surface area contributed by atoms with Crippen molar-refractivity contribution in [3.63, 3.8) is 0 Å². The van der Waals surface area contributed by atoms with Gasteiger partial charge in [0.2, 0.25) is 0 Å². The maximum atomic E-state index is 10.5. The molecule has 0 amide bonds. The van der Waals surface area contributed by atoms with Crippen LogP contribution in [0.3, 0.4) is 0 Å². The number of nitrogens with zero attached hydrogens (tertiary/aromatic N) is 1. The first-order valence-corrected chi connectivity index (χ1v) is 7.12. The monoisotopic (exact) mass is 269 g/mol. The summed E-state index contributed by atoms with van der Waals surface area (Å²) in [6.07, 6.45) is -0.550. The van der Waals surface area contributed by atoms with E-state index < -0.39 is 6.10 Å². The van der Waals surface area contributed by atoms with Gasteiger partial charge >= 0.3 is 0 Å². The Kier molecular flexibility index (Phi) is 3.09. The molecule has 0 bridgehead atoms. The zero-order valence-corrected chi connectivity index (χ0v) is 11.7. The third-order valence-electron chi connectivity index (χ3n) is 3.32. The largest absolute Gasteiger partial charge is 0.383 e. The van der Waals surface area contributed by atoms with Crippen molar-refractivity contribution in [2.75, 3.05) is 0 Å². The quantitative estimate of drug-likeness (QED) is 0.763. The topological polar surface area (TPSA) is 33.1 Å². The van der Waals surface area contributed by atoms with E-state index in [-0.39, 0.29) is 0 Å². The Labute approximate surface area is 116 Å². The molecule has 1 aromatic carbocycles. The average Bonchev–Trinajstić information content (AvgIpc) is 2.83. The highest BCUT2D eigenvalue weighted by atomic mass is 32.1. The maximum Gasteiger partial charge on any atom is 0.113 e. The number of aliphatic hydroxyl groups excluding tert-OH is 1. The lowest BCUT2D eigenvalue weighted by molar-refractivity contribution is 0.223. The number of aliphatic hydroxyl groups is 1. The minimum Gasteiger partial charge on any atom is -0.383 e. The highest BCUT2D eigenvalue weighted by Crippen LogP contribution is 2.30. The van der Waals surface area contributed by atoms with Crippen LogP contribution in [0.2, 0.25) is 0 Å². The Morgan fingerprint density at radius 1 is 1.11 bits per heavy atom. The fraction of sp³-hybridized carbons (Fsp3) is 0.188. The van der Waals surface area contributed by atoms with Crippen molar-refractivity contribution in [3.8, 4) is 0 Å². The van der Waals surface area contributed by atoms with Gasteiger partial charge in [0, 0.05) is 16.0 Å². The van der Waals surface area contributed by atoms with Crippen molar-refractivity contribution in [1.82, 2.24) is 4.98 Å². The molecule has 3 rings (SSSR count). The van der Waals surface area contributed by atoms with Crippen molar-refractivity contribution < 1.29 is 5.11 Å². The molecule has 0 aliphatic carbocycles. The van der Waals surface area contributed by atoms with Gasteiger partial charge in [-0.25, -0.2) is 0 Å². The molecule has 0 radical (unpaired) electrons. The molecular formula is C16H15NOS. The third-order valence-corrected chi connectivity index (χ3v) is 4.39. The highest BCUT2D eigenvalue weighted by molar-refractivity contribution is 7.10. The normalized spacial score (nSPS) is 12.8. The number of benzene rings is 1. The third kappa shape index (κ3) is 2.27. The van der Waals surface area contributed by atoms with Crippen LogP contribution in [0.15, 0.2) is 41.8 Å². The lowest BCUT2D eigenvalue weighted by Gasteiger charge is -2.11. The van der Waals surface area contributed by atoms with Gasteiger partial charge in [0.05, 0.1) is 5.52 Å². The zero-order valence-electron chi connectivity index (χ0n) is 10.9. The van der Waals surface area contributed by atoms with E-state index in [1.54, 1.807) is 11.3 Å². The van der Waals surface area contributed by atoms with Gasteiger partial charge in [0.15, 0.2) is 0 Å². The minimum absolute atomic E-state index is 0.550. The van der Waals surface area contributed by atoms with Crippen LogP contribution in [-0.2, 0) is 0 Å². The van der Waals surface area contributed by atoms with Crippen LogP contribution < -0.4 is 0 Å². The first-order valence-electron chi connectivity index (χ1n) is 6.24. The molecule has 0 aliphatic heterocycles. The number of hydrogen-bond donors (Lipinski definition) is 1. The van der Waals surface area contributed by atoms with E-state index in [9.17, 15) is 5.11 Å². The van der Waals surface area contributed by atoms with Crippen molar-refractivity contribution >= 4 is 22.2 Å². The Hall–Kier alpha value is -1.71. The second-order valence-corrected chi connectivity index (χ2v) is 5.72. The van der Waals surface area contributed by atoms with E-state index >= 15 is 0 Å². The summed E-state index contributed by atoms with van der Waals surface area (Å²) in [4.78, 5) is 5.49. The Morgan fingerprint density at radius 3 is 2.68 bits per heavy atom. The number of rotatable bonds is 2. The summed E-state index contributed by atoms with van der Waals surface area (Å²) in [5, 5.41) is 13.5. The summed E-state index contributed by atoms with van der Waals surface area (Å²) in [6, 6.07) is 12.0. The molecule has 19 heavy (non-hydrogen) atoms. The predicted octanol–water partition coefficient (Wildman–Crippen LogP) is 3.99. The molecule has 3 heteroatoms. The fourth-order valence-electron chi connectivity index (χ4n) is 2.23. The first-order chi connectivity index (χ1) is 9.15. The van der Waals surface area contributed by atoms with Crippen molar-refractivity contribution in [3.05, 3.63) is 63.5 Å². The molecule has 1 unspecified atom stereocenters. The van der Waals surface area contributed by atoms with Crippen molar-refractivity contribution in [1.29, 1.82) is 0 Å². The molecule has 0 fully saturated rings. The van der Waals surface area contributed by atoms with Gasteiger partial charge in [-0.2, -0.15) is 0 Å². The van der Waals surface area contributed by atoms with Crippen molar-refractivity contribution in [2.45, 2.75) is 20.0 Å². The molecule has 3 aromatic rings. The second-order valence-electron chi connectivity index (χ2n) is 4.78. The molecule has 1 atom stereocenters. The standard InChI is InChI=1S/C16H15NOS/c1-10-7-8-19-16(10)15(18)13-5-6-14-12(9-13)4-3-11(2)17-14/h3-9,15,18H,1-2H3. The molecule has 0 aliphatic rings. The second kappa shape index (κ2) is 4.76. The zero-order chi connectivity index (χ0) is 13.4. The van der Waals surface area contributed by atoms with Gasteiger partial charge in [0.25, 0.3) is 0 Å². The Morgan fingerprint density at radius 2 is 1.95 bits per heavy atom. The molecule has 2 heterocycles. The van der Waals surface area contributed by atoms with Crippen LogP contribution in [0, 0.1) is 13.8 Å².